The Morgan fingerprint density at radius 3 is 2.46 bits per heavy atom. The monoisotopic (exact) mass is 550 g/mol. The summed E-state index contributed by atoms with van der Waals surface area (Å²) in [6.45, 7) is 8.13. The summed E-state index contributed by atoms with van der Waals surface area (Å²) < 4.78 is 7.12. The van der Waals surface area contributed by atoms with E-state index in [4.69, 9.17) is 4.74 Å². The van der Waals surface area contributed by atoms with E-state index in [0.717, 1.165) is 5.56 Å². The van der Waals surface area contributed by atoms with Gasteiger partial charge >= 0.3 is 0 Å². The second-order valence-corrected chi connectivity index (χ2v) is 10.7. The van der Waals surface area contributed by atoms with E-state index in [2.05, 4.69) is 20.8 Å². The summed E-state index contributed by atoms with van der Waals surface area (Å²) in [5.41, 5.74) is 2.67. The van der Waals surface area contributed by atoms with Gasteiger partial charge in [0.15, 0.2) is 11.0 Å². The van der Waals surface area contributed by atoms with Crippen molar-refractivity contribution in [3.05, 3.63) is 71.0 Å². The zero-order chi connectivity index (χ0) is 27.9. The maximum atomic E-state index is 12.9. The van der Waals surface area contributed by atoms with Crippen molar-refractivity contribution in [2.24, 2.45) is 13.0 Å². The third-order valence-electron chi connectivity index (χ3n) is 6.40. The average Bonchev–Trinajstić information content (AvgIpc) is 3.30. The Balaban J connectivity index is 1.36. The molecule has 0 spiro atoms. The van der Waals surface area contributed by atoms with Crippen molar-refractivity contribution in [3.63, 3.8) is 0 Å². The second-order valence-electron chi connectivity index (χ2n) is 9.79. The van der Waals surface area contributed by atoms with Crippen LogP contribution in [0.1, 0.15) is 52.0 Å². The molecule has 0 aliphatic carbocycles. The lowest BCUT2D eigenvalue weighted by molar-refractivity contribution is -0.113. The number of thioether (sulfide) groups is 1. The van der Waals surface area contributed by atoms with Crippen molar-refractivity contribution >= 4 is 35.2 Å². The SMILES string of the molecule is Cc1cccc(C(=O)N[C@H](c2nnc(SCC(=O)Nc3cccc(C(=O)N4CCOCC4)c3)n2C)C(C)C)c1. The molecule has 0 saturated carbocycles. The highest BCUT2D eigenvalue weighted by molar-refractivity contribution is 7.99. The summed E-state index contributed by atoms with van der Waals surface area (Å²) in [5, 5.41) is 15.1. The number of morpholine rings is 1. The zero-order valence-corrected chi connectivity index (χ0v) is 23.5. The first-order chi connectivity index (χ1) is 18.7. The Morgan fingerprint density at radius 1 is 1.03 bits per heavy atom. The minimum atomic E-state index is -0.356. The first-order valence-corrected chi connectivity index (χ1v) is 13.9. The van der Waals surface area contributed by atoms with E-state index in [9.17, 15) is 14.4 Å². The Hall–Kier alpha value is -3.70. The molecule has 2 aromatic carbocycles. The van der Waals surface area contributed by atoms with Crippen molar-refractivity contribution in [1.82, 2.24) is 25.0 Å². The molecule has 1 aliphatic rings. The number of carbonyl (C=O) groups excluding carboxylic acids is 3. The second kappa shape index (κ2) is 12.9. The minimum Gasteiger partial charge on any atom is -0.378 e. The molecule has 3 amide bonds. The van der Waals surface area contributed by atoms with Gasteiger partial charge in [0.1, 0.15) is 0 Å². The Kier molecular flexibility index (Phi) is 9.36. The number of carbonyl (C=O) groups is 3. The summed E-state index contributed by atoms with van der Waals surface area (Å²) in [6, 6.07) is 14.0. The molecule has 1 aliphatic heterocycles. The highest BCUT2D eigenvalue weighted by Gasteiger charge is 2.25. The topological polar surface area (TPSA) is 118 Å². The smallest absolute Gasteiger partial charge is 0.254 e. The van der Waals surface area contributed by atoms with Crippen molar-refractivity contribution in [1.29, 1.82) is 0 Å². The lowest BCUT2D eigenvalue weighted by atomic mass is 10.0. The molecular formula is C28H34N6O4S. The van der Waals surface area contributed by atoms with Gasteiger partial charge in [0.2, 0.25) is 5.91 Å². The fraction of sp³-hybridized carbons (Fsp3) is 0.393. The summed E-state index contributed by atoms with van der Waals surface area (Å²) in [5.74, 6) is 0.301. The third-order valence-corrected chi connectivity index (χ3v) is 7.42. The number of nitrogens with one attached hydrogen (secondary N) is 2. The number of rotatable bonds is 9. The van der Waals surface area contributed by atoms with Crippen LogP contribution in [0.5, 0.6) is 0 Å². The lowest BCUT2D eigenvalue weighted by Crippen LogP contribution is -2.40. The fourth-order valence-corrected chi connectivity index (χ4v) is 4.99. The van der Waals surface area contributed by atoms with Crippen molar-refractivity contribution in [3.8, 4) is 0 Å². The van der Waals surface area contributed by atoms with Crippen LogP contribution < -0.4 is 10.6 Å². The maximum Gasteiger partial charge on any atom is 0.254 e. The van der Waals surface area contributed by atoms with Crippen LogP contribution in [0, 0.1) is 12.8 Å². The van der Waals surface area contributed by atoms with Gasteiger partial charge in [0.05, 0.1) is 25.0 Å². The predicted octanol–water partition coefficient (Wildman–Crippen LogP) is 3.45. The van der Waals surface area contributed by atoms with E-state index < -0.39 is 0 Å². The number of hydrogen-bond donors (Lipinski definition) is 2. The molecule has 2 N–H and O–H groups in total. The van der Waals surface area contributed by atoms with Gasteiger partial charge in [0, 0.05) is 37.0 Å². The van der Waals surface area contributed by atoms with E-state index in [1.54, 1.807) is 39.8 Å². The number of benzene rings is 2. The van der Waals surface area contributed by atoms with Crippen LogP contribution in [0.2, 0.25) is 0 Å². The van der Waals surface area contributed by atoms with Crippen molar-refractivity contribution in [2.45, 2.75) is 32.0 Å². The highest BCUT2D eigenvalue weighted by atomic mass is 32.2. The van der Waals surface area contributed by atoms with Gasteiger partial charge in [-0.2, -0.15) is 0 Å². The van der Waals surface area contributed by atoms with E-state index in [1.807, 2.05) is 46.0 Å². The summed E-state index contributed by atoms with van der Waals surface area (Å²) in [4.78, 5) is 40.1. The number of aryl methyl sites for hydroxylation is 1. The van der Waals surface area contributed by atoms with Crippen LogP contribution in [-0.2, 0) is 16.6 Å². The normalized spacial score (nSPS) is 14.2. The summed E-state index contributed by atoms with van der Waals surface area (Å²) in [7, 11) is 1.82. The quantitative estimate of drug-likeness (QED) is 0.392. The molecule has 0 radical (unpaired) electrons. The van der Waals surface area contributed by atoms with Gasteiger partial charge in [-0.1, -0.05) is 49.4 Å². The van der Waals surface area contributed by atoms with E-state index in [0.29, 0.717) is 54.1 Å². The largest absolute Gasteiger partial charge is 0.378 e. The van der Waals surface area contributed by atoms with E-state index in [-0.39, 0.29) is 35.4 Å². The molecule has 39 heavy (non-hydrogen) atoms. The van der Waals surface area contributed by atoms with Crippen LogP contribution in [0.3, 0.4) is 0 Å². The maximum absolute atomic E-state index is 12.9. The average molecular weight is 551 g/mol. The van der Waals surface area contributed by atoms with Gasteiger partial charge in [-0.15, -0.1) is 10.2 Å². The number of hydrogen-bond acceptors (Lipinski definition) is 7. The van der Waals surface area contributed by atoms with E-state index >= 15 is 0 Å². The fourth-order valence-electron chi connectivity index (χ4n) is 4.27. The number of nitrogens with zero attached hydrogens (tertiary/aromatic N) is 4. The standard InChI is InChI=1S/C28H34N6O4S/c1-18(2)24(30-26(36)20-8-5-7-19(3)15-20)25-31-32-28(33(25)4)39-17-23(35)29-22-10-6-9-21(16-22)27(37)34-11-13-38-14-12-34/h5-10,15-16,18,24H,11-14,17H2,1-4H3,(H,29,35)(H,30,36)/t24-/m0/s1. The van der Waals surface area contributed by atoms with Gasteiger partial charge in [-0.3, -0.25) is 14.4 Å². The molecule has 11 heteroatoms. The predicted molar refractivity (Wildman–Crippen MR) is 150 cm³/mol. The molecule has 4 rings (SSSR count). The summed E-state index contributed by atoms with van der Waals surface area (Å²) >= 11 is 1.25. The lowest BCUT2D eigenvalue weighted by Gasteiger charge is -2.27. The van der Waals surface area contributed by atoms with Crippen LogP contribution in [0.25, 0.3) is 0 Å². The van der Waals surface area contributed by atoms with E-state index in [1.165, 1.54) is 11.8 Å². The van der Waals surface area contributed by atoms with Gasteiger partial charge in [0.25, 0.3) is 11.8 Å². The molecule has 2 heterocycles. The van der Waals surface area contributed by atoms with Gasteiger partial charge in [-0.05, 0) is 43.2 Å². The number of ether oxygens (including phenoxy) is 1. The van der Waals surface area contributed by atoms with Crippen molar-refractivity contribution < 1.29 is 19.1 Å². The van der Waals surface area contributed by atoms with Crippen LogP contribution >= 0.6 is 11.8 Å². The van der Waals surface area contributed by atoms with Crippen LogP contribution in [0.4, 0.5) is 5.69 Å². The zero-order valence-electron chi connectivity index (χ0n) is 22.6. The number of anilines is 1. The molecule has 1 fully saturated rings. The first-order valence-electron chi connectivity index (χ1n) is 12.9. The van der Waals surface area contributed by atoms with Crippen molar-refractivity contribution in [2.75, 3.05) is 37.4 Å². The Morgan fingerprint density at radius 2 is 1.74 bits per heavy atom. The van der Waals surface area contributed by atoms with Gasteiger partial charge < -0.3 is 24.8 Å². The first kappa shape index (κ1) is 28.3. The van der Waals surface area contributed by atoms with Crippen LogP contribution in [-0.4, -0.2) is 69.4 Å². The molecule has 206 valence electrons. The highest BCUT2D eigenvalue weighted by Crippen LogP contribution is 2.25. The summed E-state index contributed by atoms with van der Waals surface area (Å²) in [6.07, 6.45) is 0. The molecule has 1 saturated heterocycles. The molecule has 1 aromatic heterocycles. The molecule has 10 nitrogen and oxygen atoms in total. The number of aromatic nitrogens is 3. The Bertz CT molecular complexity index is 1340. The van der Waals surface area contributed by atoms with Crippen LogP contribution in [0.15, 0.2) is 53.7 Å². The third kappa shape index (κ3) is 7.24. The number of amides is 3. The molecule has 3 aromatic rings. The molecule has 1 atom stereocenters. The minimum absolute atomic E-state index is 0.0651. The molecule has 0 bridgehead atoms. The Labute approximate surface area is 232 Å². The molecular weight excluding hydrogens is 516 g/mol. The van der Waals surface area contributed by atoms with Gasteiger partial charge in [-0.25, -0.2) is 0 Å². The molecule has 0 unspecified atom stereocenters.